The van der Waals surface area contributed by atoms with Crippen LogP contribution in [0.15, 0.2) is 24.4 Å². The van der Waals surface area contributed by atoms with E-state index in [9.17, 15) is 39.2 Å². The van der Waals surface area contributed by atoms with Crippen LogP contribution in [-0.4, -0.2) is 93.4 Å². The molecule has 7 N–H and O–H groups in total. The predicted molar refractivity (Wildman–Crippen MR) is 132 cm³/mol. The number of nitrogens with one attached hydrogen (secondary N) is 1. The van der Waals surface area contributed by atoms with Gasteiger partial charge in [-0.25, -0.2) is 9.07 Å². The van der Waals surface area contributed by atoms with Crippen molar-refractivity contribution < 1.29 is 48.6 Å². The Morgan fingerprint density at radius 1 is 1.23 bits per heavy atom. The van der Waals surface area contributed by atoms with Gasteiger partial charge in [-0.05, 0) is 47.7 Å². The lowest BCUT2D eigenvalue weighted by atomic mass is 10.1. The lowest BCUT2D eigenvalue weighted by molar-refractivity contribution is -0.121. The smallest absolute Gasteiger partial charge is 0.361 e. The van der Waals surface area contributed by atoms with Gasteiger partial charge in [0.15, 0.2) is 11.9 Å². The molecule has 1 aliphatic heterocycles. The maximum atomic E-state index is 13.6. The zero-order valence-corrected chi connectivity index (χ0v) is 21.8. The van der Waals surface area contributed by atoms with Crippen molar-refractivity contribution in [1.82, 2.24) is 19.7 Å². The molecule has 17 heteroatoms. The molecule has 0 unspecified atom stereocenters. The van der Waals surface area contributed by atoms with Crippen molar-refractivity contribution >= 4 is 36.0 Å². The van der Waals surface area contributed by atoms with E-state index in [2.05, 4.69) is 20.4 Å². The Morgan fingerprint density at radius 2 is 1.97 bits per heavy atom. The molecule has 2 aliphatic rings. The topological polar surface area (TPSA) is 213 Å². The summed E-state index contributed by atoms with van der Waals surface area (Å²) in [5.74, 6) is 0.0213. The Kier molecular flexibility index (Phi) is 7.67. The van der Waals surface area contributed by atoms with Crippen LogP contribution in [0.1, 0.15) is 29.8 Å². The highest BCUT2D eigenvalue weighted by atomic mass is 35.5. The first kappa shape index (κ1) is 28.2. The van der Waals surface area contributed by atoms with Gasteiger partial charge in [0.05, 0.1) is 37.4 Å². The molecule has 0 saturated carbocycles. The van der Waals surface area contributed by atoms with Gasteiger partial charge < -0.3 is 45.0 Å². The van der Waals surface area contributed by atoms with Gasteiger partial charge in [0.25, 0.3) is 0 Å². The number of aryl methyl sites for hydroxylation is 1. The molecule has 212 valence electrons. The van der Waals surface area contributed by atoms with Crippen molar-refractivity contribution in [3.8, 4) is 0 Å². The van der Waals surface area contributed by atoms with Crippen molar-refractivity contribution in [3.63, 3.8) is 0 Å². The second-order valence-electron chi connectivity index (χ2n) is 9.41. The van der Waals surface area contributed by atoms with Crippen LogP contribution < -0.4 is 5.32 Å². The van der Waals surface area contributed by atoms with Crippen LogP contribution in [0.3, 0.4) is 0 Å². The monoisotopic (exact) mass is 589 g/mol. The first-order valence-electron chi connectivity index (χ1n) is 11.9. The Bertz CT molecular complexity index is 1420. The van der Waals surface area contributed by atoms with Crippen LogP contribution >= 0.6 is 19.2 Å². The number of nitrogens with zero attached hydrogens (tertiary/aromatic N) is 4. The molecule has 5 rings (SSSR count). The Labute approximate surface area is 225 Å². The highest BCUT2D eigenvalue weighted by Crippen LogP contribution is 2.51. The predicted octanol–water partition coefficient (Wildman–Crippen LogP) is 0.213. The molecule has 1 aliphatic carbocycles. The normalized spacial score (nSPS) is 25.4. The number of hydrogen-bond donors (Lipinski definition) is 7. The molecule has 3 heterocycles. The summed E-state index contributed by atoms with van der Waals surface area (Å²) >= 11 is 6.19. The zero-order valence-electron chi connectivity index (χ0n) is 20.1. The fourth-order valence-corrected chi connectivity index (χ4v) is 5.59. The van der Waals surface area contributed by atoms with Gasteiger partial charge in [-0.15, -0.1) is 0 Å². The highest BCUT2D eigenvalue weighted by Gasteiger charge is 2.51. The lowest BCUT2D eigenvalue weighted by Gasteiger charge is -2.31. The first-order chi connectivity index (χ1) is 18.5. The standard InChI is InChI=1S/C22H26ClFN5O9P/c23-21-27-18(26-14-4-1-10-5-11(24)2-3-12(10)14)13-6-25-29(19(13)28-21)20-17(33)16(32)15(38-20)7-37-22(8-30,9-31)39(34,35)36/h2-3,5-6,14-17,20,30-33H,1,4,7-9H2,(H,26,27,28)(H2,34,35,36)/t14-,15-,16-,17-,20-/m1/s1. The minimum Gasteiger partial charge on any atom is -0.393 e. The van der Waals surface area contributed by atoms with Gasteiger partial charge in [0.2, 0.25) is 10.6 Å². The number of rotatable bonds is 9. The van der Waals surface area contributed by atoms with Gasteiger partial charge in [-0.1, -0.05) is 6.07 Å². The number of aromatic nitrogens is 4. The largest absolute Gasteiger partial charge is 0.393 e. The Morgan fingerprint density at radius 3 is 2.67 bits per heavy atom. The average molecular weight is 590 g/mol. The molecule has 1 aromatic carbocycles. The molecule has 1 saturated heterocycles. The molecule has 0 bridgehead atoms. The summed E-state index contributed by atoms with van der Waals surface area (Å²) in [4.78, 5) is 27.5. The van der Waals surface area contributed by atoms with E-state index in [-0.39, 0.29) is 22.8 Å². The van der Waals surface area contributed by atoms with Crippen LogP contribution in [0.25, 0.3) is 11.0 Å². The fourth-order valence-electron chi connectivity index (χ4n) is 4.81. The molecule has 1 fully saturated rings. The molecule has 0 amide bonds. The van der Waals surface area contributed by atoms with E-state index in [0.717, 1.165) is 11.1 Å². The van der Waals surface area contributed by atoms with E-state index in [1.54, 1.807) is 6.07 Å². The van der Waals surface area contributed by atoms with Gasteiger partial charge in [0.1, 0.15) is 29.9 Å². The molecule has 0 radical (unpaired) electrons. The van der Waals surface area contributed by atoms with E-state index in [1.165, 1.54) is 23.0 Å². The molecule has 14 nitrogen and oxygen atoms in total. The number of hydrogen-bond acceptors (Lipinski definition) is 11. The summed E-state index contributed by atoms with van der Waals surface area (Å²) in [6.07, 6.45) is -3.02. The van der Waals surface area contributed by atoms with Gasteiger partial charge in [-0.3, -0.25) is 4.57 Å². The third-order valence-electron chi connectivity index (χ3n) is 7.04. The maximum absolute atomic E-state index is 13.6. The van der Waals surface area contributed by atoms with E-state index in [1.807, 2.05) is 0 Å². The minimum atomic E-state index is -5.14. The molecule has 2 aromatic heterocycles. The van der Waals surface area contributed by atoms with Crippen molar-refractivity contribution in [2.24, 2.45) is 0 Å². The van der Waals surface area contributed by atoms with E-state index >= 15 is 0 Å². The van der Waals surface area contributed by atoms with E-state index in [4.69, 9.17) is 21.1 Å². The summed E-state index contributed by atoms with van der Waals surface area (Å²) in [7, 11) is -5.14. The highest BCUT2D eigenvalue weighted by molar-refractivity contribution is 7.53. The quantitative estimate of drug-likeness (QED) is 0.131. The third kappa shape index (κ3) is 5.04. The lowest BCUT2D eigenvalue weighted by Crippen LogP contribution is -2.44. The van der Waals surface area contributed by atoms with Gasteiger partial charge in [-0.2, -0.15) is 15.1 Å². The molecule has 5 atom stereocenters. The van der Waals surface area contributed by atoms with Crippen LogP contribution in [0.2, 0.25) is 5.28 Å². The zero-order chi connectivity index (χ0) is 28.1. The fraction of sp³-hybridized carbons (Fsp3) is 0.500. The van der Waals surface area contributed by atoms with Gasteiger partial charge >= 0.3 is 7.60 Å². The SMILES string of the molecule is O=P(O)(O)C(CO)(CO)OC[C@H]1O[C@@H](n2ncc3c(N[C@@H]4CCc5cc(F)ccc54)nc(Cl)nc32)[C@H](O)[C@@H]1O. The summed E-state index contributed by atoms with van der Waals surface area (Å²) in [6.45, 7) is -3.11. The molecular weight excluding hydrogens is 564 g/mol. The van der Waals surface area contributed by atoms with Gasteiger partial charge in [0, 0.05) is 0 Å². The van der Waals surface area contributed by atoms with Crippen molar-refractivity contribution in [2.45, 2.75) is 48.8 Å². The third-order valence-corrected chi connectivity index (χ3v) is 8.68. The number of fused-ring (bicyclic) bond motifs is 2. The second kappa shape index (κ2) is 10.6. The van der Waals surface area contributed by atoms with Crippen molar-refractivity contribution in [2.75, 3.05) is 25.1 Å². The number of ether oxygens (including phenoxy) is 2. The second-order valence-corrected chi connectivity index (χ2v) is 11.7. The molecular formula is C22H26ClFN5O9P. The van der Waals surface area contributed by atoms with E-state index < -0.39 is 57.3 Å². The van der Waals surface area contributed by atoms with Crippen LogP contribution in [0.5, 0.6) is 0 Å². The molecule has 3 aromatic rings. The summed E-state index contributed by atoms with van der Waals surface area (Å²) in [5.41, 5.74) is 1.96. The average Bonchev–Trinajstić information content (AvgIpc) is 3.56. The summed E-state index contributed by atoms with van der Waals surface area (Å²) in [6, 6.07) is 4.41. The number of halogens is 2. The number of anilines is 1. The number of benzene rings is 1. The van der Waals surface area contributed by atoms with Crippen LogP contribution in [0, 0.1) is 5.82 Å². The number of aliphatic hydroxyl groups excluding tert-OH is 4. The summed E-state index contributed by atoms with van der Waals surface area (Å²) in [5, 5.41) is 45.3. The maximum Gasteiger partial charge on any atom is 0.361 e. The first-order valence-corrected chi connectivity index (χ1v) is 13.9. The molecule has 39 heavy (non-hydrogen) atoms. The van der Waals surface area contributed by atoms with Crippen LogP contribution in [0.4, 0.5) is 10.2 Å². The molecule has 0 spiro atoms. The van der Waals surface area contributed by atoms with Crippen molar-refractivity contribution in [1.29, 1.82) is 0 Å². The summed E-state index contributed by atoms with van der Waals surface area (Å²) < 4.78 is 37.4. The van der Waals surface area contributed by atoms with Crippen LogP contribution in [-0.2, 0) is 20.5 Å². The Balaban J connectivity index is 1.39. The van der Waals surface area contributed by atoms with Crippen molar-refractivity contribution in [3.05, 3.63) is 46.6 Å². The Hall–Kier alpha value is -2.30. The number of aliphatic hydroxyl groups is 4. The minimum absolute atomic E-state index is 0.144. The van der Waals surface area contributed by atoms with E-state index in [0.29, 0.717) is 24.0 Å².